The number of rotatable bonds is 7. The van der Waals surface area contributed by atoms with E-state index < -0.39 is 11.8 Å². The predicted octanol–water partition coefficient (Wildman–Crippen LogP) is 3.86. The standard InChI is InChI=1S/C25H21FN4O4/c1-16-28-20-9-5-6-10-21(20)30(16)15-24(31)29-27-14-17-11-12-22(23(13-17)33-2)34-25(32)18-7-3-4-8-19(18)26/h3-14H,15H2,1-2H3,(H,29,31)/b27-14+. The van der Waals surface area contributed by atoms with Crippen molar-refractivity contribution in [3.8, 4) is 11.5 Å². The molecule has 3 aromatic carbocycles. The van der Waals surface area contributed by atoms with Gasteiger partial charge in [-0.25, -0.2) is 19.6 Å². The first kappa shape index (κ1) is 22.7. The summed E-state index contributed by atoms with van der Waals surface area (Å²) < 4.78 is 26.2. The van der Waals surface area contributed by atoms with Gasteiger partial charge in [-0.1, -0.05) is 24.3 Å². The van der Waals surface area contributed by atoms with Crippen molar-refractivity contribution in [3.63, 3.8) is 0 Å². The Morgan fingerprint density at radius 1 is 1.09 bits per heavy atom. The summed E-state index contributed by atoms with van der Waals surface area (Å²) in [7, 11) is 1.41. The Balaban J connectivity index is 1.41. The second-order valence-corrected chi connectivity index (χ2v) is 7.31. The molecule has 4 rings (SSSR count). The smallest absolute Gasteiger partial charge is 0.346 e. The van der Waals surface area contributed by atoms with E-state index in [0.717, 1.165) is 16.9 Å². The molecule has 0 radical (unpaired) electrons. The van der Waals surface area contributed by atoms with Gasteiger partial charge in [0.1, 0.15) is 18.2 Å². The van der Waals surface area contributed by atoms with E-state index in [1.54, 1.807) is 18.2 Å². The highest BCUT2D eigenvalue weighted by Gasteiger charge is 2.16. The number of carbonyl (C=O) groups excluding carboxylic acids is 2. The van der Waals surface area contributed by atoms with Gasteiger partial charge in [0.2, 0.25) is 0 Å². The number of ether oxygens (including phenoxy) is 2. The number of halogens is 1. The molecule has 1 N–H and O–H groups in total. The minimum atomic E-state index is -0.840. The first-order valence-electron chi connectivity index (χ1n) is 10.3. The highest BCUT2D eigenvalue weighted by Crippen LogP contribution is 2.28. The van der Waals surface area contributed by atoms with Gasteiger partial charge < -0.3 is 14.0 Å². The summed E-state index contributed by atoms with van der Waals surface area (Å²) in [6.07, 6.45) is 1.43. The van der Waals surface area contributed by atoms with Crippen LogP contribution in [0.1, 0.15) is 21.7 Å². The minimum Gasteiger partial charge on any atom is -0.493 e. The van der Waals surface area contributed by atoms with E-state index >= 15 is 0 Å². The van der Waals surface area contributed by atoms with E-state index in [1.165, 1.54) is 37.6 Å². The number of imidazole rings is 1. The maximum atomic E-state index is 13.8. The van der Waals surface area contributed by atoms with Gasteiger partial charge in [0.15, 0.2) is 11.5 Å². The van der Waals surface area contributed by atoms with Crippen LogP contribution in [0, 0.1) is 12.7 Å². The van der Waals surface area contributed by atoms with E-state index in [9.17, 15) is 14.0 Å². The third-order valence-electron chi connectivity index (χ3n) is 5.03. The fourth-order valence-electron chi connectivity index (χ4n) is 3.38. The molecule has 8 nitrogen and oxygen atoms in total. The summed E-state index contributed by atoms with van der Waals surface area (Å²) in [5, 5.41) is 3.99. The van der Waals surface area contributed by atoms with Crippen LogP contribution in [0.2, 0.25) is 0 Å². The fraction of sp³-hybridized carbons (Fsp3) is 0.120. The second-order valence-electron chi connectivity index (χ2n) is 7.31. The van der Waals surface area contributed by atoms with E-state index in [2.05, 4.69) is 15.5 Å². The summed E-state index contributed by atoms with van der Waals surface area (Å²) in [6, 6.07) is 17.8. The van der Waals surface area contributed by atoms with Crippen molar-refractivity contribution in [2.45, 2.75) is 13.5 Å². The van der Waals surface area contributed by atoms with Gasteiger partial charge in [0.25, 0.3) is 5.91 Å². The van der Waals surface area contributed by atoms with Crippen molar-refractivity contribution in [2.75, 3.05) is 7.11 Å². The maximum Gasteiger partial charge on any atom is 0.346 e. The number of hydrogen-bond donors (Lipinski definition) is 1. The number of hydrazone groups is 1. The molecule has 34 heavy (non-hydrogen) atoms. The highest BCUT2D eigenvalue weighted by molar-refractivity contribution is 5.92. The van der Waals surface area contributed by atoms with Gasteiger partial charge in [0, 0.05) is 0 Å². The molecular formula is C25H21FN4O4. The van der Waals surface area contributed by atoms with E-state index in [0.29, 0.717) is 5.56 Å². The number of nitrogens with zero attached hydrogens (tertiary/aromatic N) is 3. The zero-order valence-corrected chi connectivity index (χ0v) is 18.5. The molecule has 4 aromatic rings. The van der Waals surface area contributed by atoms with Crippen LogP contribution >= 0.6 is 0 Å². The van der Waals surface area contributed by atoms with Crippen LogP contribution < -0.4 is 14.9 Å². The lowest BCUT2D eigenvalue weighted by Gasteiger charge is -2.10. The number of aromatic nitrogens is 2. The van der Waals surface area contributed by atoms with Crippen LogP contribution in [0.15, 0.2) is 71.8 Å². The summed E-state index contributed by atoms with van der Waals surface area (Å²) >= 11 is 0. The van der Waals surface area contributed by atoms with Gasteiger partial charge in [-0.2, -0.15) is 5.10 Å². The summed E-state index contributed by atoms with van der Waals surface area (Å²) in [5.74, 6) is -0.729. The Hall–Kier alpha value is -4.53. The van der Waals surface area contributed by atoms with E-state index in [-0.39, 0.29) is 29.5 Å². The molecule has 1 aromatic heterocycles. The summed E-state index contributed by atoms with van der Waals surface area (Å²) in [4.78, 5) is 29.1. The van der Waals surface area contributed by atoms with Gasteiger partial charge in [-0.05, 0) is 55.0 Å². The number of nitrogens with one attached hydrogen (secondary N) is 1. The van der Waals surface area contributed by atoms with Crippen LogP contribution in [0.4, 0.5) is 4.39 Å². The number of fused-ring (bicyclic) bond motifs is 1. The molecule has 172 valence electrons. The topological polar surface area (TPSA) is 94.8 Å². The second kappa shape index (κ2) is 9.95. The molecule has 0 aliphatic rings. The molecule has 0 fully saturated rings. The third kappa shape index (κ3) is 4.93. The number of carbonyl (C=O) groups is 2. The Bertz CT molecular complexity index is 1400. The van der Waals surface area contributed by atoms with Crippen LogP contribution in [0.3, 0.4) is 0 Å². The number of hydrogen-bond acceptors (Lipinski definition) is 6. The van der Waals surface area contributed by atoms with Crippen molar-refractivity contribution in [1.29, 1.82) is 0 Å². The first-order valence-corrected chi connectivity index (χ1v) is 10.3. The van der Waals surface area contributed by atoms with Crippen LogP contribution in [0.25, 0.3) is 11.0 Å². The van der Waals surface area contributed by atoms with Crippen LogP contribution in [-0.4, -0.2) is 34.8 Å². The molecule has 0 aliphatic heterocycles. The lowest BCUT2D eigenvalue weighted by Crippen LogP contribution is -2.23. The fourth-order valence-corrected chi connectivity index (χ4v) is 3.38. The lowest BCUT2D eigenvalue weighted by molar-refractivity contribution is -0.121. The monoisotopic (exact) mass is 460 g/mol. The van der Waals surface area contributed by atoms with E-state index in [4.69, 9.17) is 9.47 Å². The Kier molecular flexibility index (Phi) is 6.63. The molecular weight excluding hydrogens is 439 g/mol. The average molecular weight is 460 g/mol. The number of para-hydroxylation sites is 2. The molecule has 1 heterocycles. The van der Waals surface area contributed by atoms with Crippen molar-refractivity contribution < 1.29 is 23.5 Å². The average Bonchev–Trinajstić information content (AvgIpc) is 3.15. The minimum absolute atomic E-state index is 0.0674. The molecule has 0 bridgehead atoms. The number of benzene rings is 3. The molecule has 0 unspecified atom stereocenters. The number of esters is 1. The van der Waals surface area contributed by atoms with Gasteiger partial charge >= 0.3 is 5.97 Å². The number of amides is 1. The van der Waals surface area contributed by atoms with Crippen LogP contribution in [-0.2, 0) is 11.3 Å². The van der Waals surface area contributed by atoms with Crippen molar-refractivity contribution >= 4 is 29.1 Å². The van der Waals surface area contributed by atoms with Gasteiger partial charge in [0.05, 0.1) is 29.9 Å². The molecule has 0 saturated heterocycles. The normalized spacial score (nSPS) is 11.0. The molecule has 0 saturated carbocycles. The van der Waals surface area contributed by atoms with E-state index in [1.807, 2.05) is 35.8 Å². The Labute approximate surface area is 194 Å². The van der Waals surface area contributed by atoms with Gasteiger partial charge in [-0.15, -0.1) is 0 Å². The van der Waals surface area contributed by atoms with Crippen molar-refractivity contribution in [2.24, 2.45) is 5.10 Å². The van der Waals surface area contributed by atoms with Crippen LogP contribution in [0.5, 0.6) is 11.5 Å². The highest BCUT2D eigenvalue weighted by atomic mass is 19.1. The zero-order chi connectivity index (χ0) is 24.1. The lowest BCUT2D eigenvalue weighted by atomic mass is 10.2. The third-order valence-corrected chi connectivity index (χ3v) is 5.03. The quantitative estimate of drug-likeness (QED) is 0.196. The largest absolute Gasteiger partial charge is 0.493 e. The molecule has 0 spiro atoms. The van der Waals surface area contributed by atoms with Gasteiger partial charge in [-0.3, -0.25) is 4.79 Å². The van der Waals surface area contributed by atoms with Crippen molar-refractivity contribution in [1.82, 2.24) is 15.0 Å². The maximum absolute atomic E-state index is 13.8. The zero-order valence-electron chi connectivity index (χ0n) is 18.5. The number of methoxy groups -OCH3 is 1. The molecule has 0 aliphatic carbocycles. The Morgan fingerprint density at radius 2 is 1.85 bits per heavy atom. The molecule has 0 atom stereocenters. The summed E-state index contributed by atoms with van der Waals surface area (Å²) in [5.41, 5.74) is 4.58. The first-order chi connectivity index (χ1) is 16.5. The summed E-state index contributed by atoms with van der Waals surface area (Å²) in [6.45, 7) is 1.90. The molecule has 1 amide bonds. The van der Waals surface area contributed by atoms with Crippen molar-refractivity contribution in [3.05, 3.63) is 89.5 Å². The Morgan fingerprint density at radius 3 is 2.65 bits per heavy atom. The SMILES string of the molecule is COc1cc(/C=N/NC(=O)Cn2c(C)nc3ccccc32)ccc1OC(=O)c1ccccc1F. The predicted molar refractivity (Wildman–Crippen MR) is 125 cm³/mol. The number of aryl methyl sites for hydroxylation is 1. The molecule has 9 heteroatoms.